The number of hydrogen-bond acceptors (Lipinski definition) is 9. The Bertz CT molecular complexity index is 1580. The number of ether oxygens (including phenoxy) is 3. The standard InChI is InChI=1S/C32H38N4O6S/c1-17(31(39)36-32-35-24-9-7-6-8-10-27(24)43-32)33-23-14-12-20-21(16-25(23)38)22(34-18(2)37)13-11-19-15-26(40-3)29(41-4)30(42-5)28(19)20/h12,14-17,22H,6-11,13H2,1-5H3,(H,33,38)(H,34,37)(H,35,36,39)/t17-,22-/m1/s1. The van der Waals surface area contributed by atoms with E-state index in [4.69, 9.17) is 14.2 Å². The van der Waals surface area contributed by atoms with E-state index in [0.29, 0.717) is 40.8 Å². The molecule has 2 amide bonds. The average molecular weight is 607 g/mol. The van der Waals surface area contributed by atoms with Gasteiger partial charge >= 0.3 is 0 Å². The van der Waals surface area contributed by atoms with Gasteiger partial charge in [0.2, 0.25) is 23.0 Å². The van der Waals surface area contributed by atoms with Crippen molar-refractivity contribution < 1.29 is 23.8 Å². The summed E-state index contributed by atoms with van der Waals surface area (Å²) < 4.78 is 17.1. The minimum atomic E-state index is -0.712. The van der Waals surface area contributed by atoms with Crippen LogP contribution in [0.15, 0.2) is 29.1 Å². The number of aromatic nitrogens is 1. The van der Waals surface area contributed by atoms with E-state index >= 15 is 0 Å². The summed E-state index contributed by atoms with van der Waals surface area (Å²) in [5.41, 5.74) is 4.10. The molecule has 0 radical (unpaired) electrons. The first-order valence-corrected chi connectivity index (χ1v) is 15.4. The zero-order valence-corrected chi connectivity index (χ0v) is 26.0. The highest BCUT2D eigenvalue weighted by Crippen LogP contribution is 2.50. The van der Waals surface area contributed by atoms with Crippen molar-refractivity contribution in [1.82, 2.24) is 10.3 Å². The maximum atomic E-state index is 13.6. The quantitative estimate of drug-likeness (QED) is 0.305. The summed E-state index contributed by atoms with van der Waals surface area (Å²) in [6, 6.07) is 5.81. The Morgan fingerprint density at radius 1 is 1.00 bits per heavy atom. The zero-order valence-electron chi connectivity index (χ0n) is 25.2. The van der Waals surface area contributed by atoms with Crippen LogP contribution in [-0.4, -0.2) is 44.2 Å². The zero-order chi connectivity index (χ0) is 30.7. The highest BCUT2D eigenvalue weighted by molar-refractivity contribution is 7.15. The van der Waals surface area contributed by atoms with E-state index in [0.717, 1.165) is 48.1 Å². The Balaban J connectivity index is 1.51. The summed E-state index contributed by atoms with van der Waals surface area (Å²) >= 11 is 1.53. The van der Waals surface area contributed by atoms with Crippen LogP contribution in [0.25, 0.3) is 11.1 Å². The molecule has 2 aromatic carbocycles. The van der Waals surface area contributed by atoms with Gasteiger partial charge in [0.15, 0.2) is 16.6 Å². The van der Waals surface area contributed by atoms with Crippen molar-refractivity contribution in [3.63, 3.8) is 0 Å². The van der Waals surface area contributed by atoms with Gasteiger partial charge in [0.05, 0.1) is 38.8 Å². The van der Waals surface area contributed by atoms with Gasteiger partial charge in [0.25, 0.3) is 0 Å². The van der Waals surface area contributed by atoms with Gasteiger partial charge in [-0.3, -0.25) is 14.4 Å². The summed E-state index contributed by atoms with van der Waals surface area (Å²) in [5, 5.41) is 9.62. The highest BCUT2D eigenvalue weighted by atomic mass is 32.1. The Kier molecular flexibility index (Phi) is 9.19. The van der Waals surface area contributed by atoms with Crippen molar-refractivity contribution in [1.29, 1.82) is 0 Å². The highest BCUT2D eigenvalue weighted by Gasteiger charge is 2.29. The van der Waals surface area contributed by atoms with E-state index in [9.17, 15) is 14.4 Å². The van der Waals surface area contributed by atoms with Crippen molar-refractivity contribution in [2.24, 2.45) is 0 Å². The second kappa shape index (κ2) is 13.0. The van der Waals surface area contributed by atoms with Gasteiger partial charge in [-0.05, 0) is 80.3 Å². The van der Waals surface area contributed by atoms with Crippen molar-refractivity contribution >= 4 is 34.0 Å². The summed E-state index contributed by atoms with van der Waals surface area (Å²) in [6.07, 6.45) is 6.55. The monoisotopic (exact) mass is 606 g/mol. The van der Waals surface area contributed by atoms with Crippen LogP contribution in [-0.2, 0) is 28.9 Å². The van der Waals surface area contributed by atoms with Gasteiger partial charge in [-0.1, -0.05) is 12.5 Å². The molecule has 43 heavy (non-hydrogen) atoms. The molecule has 1 aromatic heterocycles. The minimum absolute atomic E-state index is 0.203. The number of fused-ring (bicyclic) bond motifs is 4. The number of benzene rings is 1. The van der Waals surface area contributed by atoms with Crippen molar-refractivity contribution in [2.75, 3.05) is 32.0 Å². The predicted octanol–water partition coefficient (Wildman–Crippen LogP) is 5.03. The number of anilines is 2. The molecule has 11 heteroatoms. The molecule has 0 saturated carbocycles. The third-order valence-electron chi connectivity index (χ3n) is 8.01. The molecule has 0 saturated heterocycles. The number of carbonyl (C=O) groups excluding carboxylic acids is 2. The third-order valence-corrected chi connectivity index (χ3v) is 9.08. The minimum Gasteiger partial charge on any atom is -0.493 e. The number of carbonyl (C=O) groups is 2. The lowest BCUT2D eigenvalue weighted by Crippen LogP contribution is -2.33. The SMILES string of the molecule is COc1cc2c(c(OC)c1OC)-c1ccc(N[C@H](C)C(=O)Nc3nc4c(s3)CCCCC4)c(=O)cc1[C@H](NC(C)=O)CC2. The van der Waals surface area contributed by atoms with Gasteiger partial charge in [-0.2, -0.15) is 0 Å². The number of methoxy groups -OCH3 is 3. The Morgan fingerprint density at radius 2 is 1.77 bits per heavy atom. The lowest BCUT2D eigenvalue weighted by Gasteiger charge is -2.19. The molecule has 228 valence electrons. The topological polar surface area (TPSA) is 128 Å². The molecule has 2 aliphatic rings. The second-order valence-corrected chi connectivity index (χ2v) is 12.0. The van der Waals surface area contributed by atoms with Gasteiger partial charge in [-0.15, -0.1) is 11.3 Å². The Morgan fingerprint density at radius 3 is 2.49 bits per heavy atom. The van der Waals surface area contributed by atoms with Crippen LogP contribution >= 0.6 is 11.3 Å². The molecule has 2 aliphatic carbocycles. The molecular weight excluding hydrogens is 568 g/mol. The van der Waals surface area contributed by atoms with Crippen LogP contribution in [0.4, 0.5) is 10.8 Å². The molecule has 10 nitrogen and oxygen atoms in total. The van der Waals surface area contributed by atoms with Crippen LogP contribution in [0.5, 0.6) is 17.2 Å². The van der Waals surface area contributed by atoms with Crippen molar-refractivity contribution in [3.8, 4) is 28.4 Å². The average Bonchev–Trinajstić information content (AvgIpc) is 3.08. The molecule has 0 fully saturated rings. The molecule has 0 unspecified atom stereocenters. The Labute approximate surface area is 255 Å². The first-order valence-electron chi connectivity index (χ1n) is 14.6. The number of nitrogens with one attached hydrogen (secondary N) is 3. The van der Waals surface area contributed by atoms with Crippen molar-refractivity contribution in [3.05, 3.63) is 56.2 Å². The molecule has 0 spiro atoms. The number of nitrogens with zero attached hydrogens (tertiary/aromatic N) is 1. The van der Waals surface area contributed by atoms with Crippen LogP contribution < -0.4 is 35.6 Å². The fraction of sp³-hybridized carbons (Fsp3) is 0.438. The summed E-state index contributed by atoms with van der Waals surface area (Å²) in [4.78, 5) is 44.9. The van der Waals surface area contributed by atoms with E-state index in [2.05, 4.69) is 20.9 Å². The van der Waals surface area contributed by atoms with Gasteiger partial charge in [-0.25, -0.2) is 4.98 Å². The molecule has 3 N–H and O–H groups in total. The van der Waals surface area contributed by atoms with E-state index in [1.165, 1.54) is 35.6 Å². The normalized spacial score (nSPS) is 16.3. The number of amides is 2. The summed E-state index contributed by atoms with van der Waals surface area (Å²) in [6.45, 7) is 3.17. The second-order valence-electron chi connectivity index (χ2n) is 10.9. The van der Waals surface area contributed by atoms with Gasteiger partial charge in [0, 0.05) is 17.4 Å². The van der Waals surface area contributed by atoms with Gasteiger partial charge in [0.1, 0.15) is 6.04 Å². The smallest absolute Gasteiger partial charge is 0.248 e. The maximum Gasteiger partial charge on any atom is 0.248 e. The number of rotatable bonds is 8. The van der Waals surface area contributed by atoms with Crippen molar-refractivity contribution in [2.45, 2.75) is 70.9 Å². The summed E-state index contributed by atoms with van der Waals surface area (Å²) in [7, 11) is 4.67. The van der Waals surface area contributed by atoms with Crippen LogP contribution in [0.1, 0.15) is 67.3 Å². The van der Waals surface area contributed by atoms with E-state index in [-0.39, 0.29) is 22.9 Å². The lowest BCUT2D eigenvalue weighted by molar-refractivity contribution is -0.119. The fourth-order valence-electron chi connectivity index (χ4n) is 5.92. The molecule has 2 atom stereocenters. The third kappa shape index (κ3) is 6.31. The molecule has 5 rings (SSSR count). The largest absolute Gasteiger partial charge is 0.493 e. The van der Waals surface area contributed by atoms with Crippen LogP contribution in [0.3, 0.4) is 0 Å². The molecule has 0 bridgehead atoms. The Hall–Kier alpha value is -4.12. The maximum absolute atomic E-state index is 13.6. The predicted molar refractivity (Wildman–Crippen MR) is 168 cm³/mol. The first-order chi connectivity index (χ1) is 20.7. The first kappa shape index (κ1) is 30.3. The van der Waals surface area contributed by atoms with E-state index in [1.807, 2.05) is 12.1 Å². The number of hydrogen-bond donors (Lipinski definition) is 3. The van der Waals surface area contributed by atoms with Crippen LogP contribution in [0.2, 0.25) is 0 Å². The molecular formula is C32H38N4O6S. The van der Waals surface area contributed by atoms with E-state index < -0.39 is 12.1 Å². The number of aryl methyl sites for hydroxylation is 3. The van der Waals surface area contributed by atoms with Crippen LogP contribution in [0, 0.1) is 0 Å². The fourth-order valence-corrected chi connectivity index (χ4v) is 6.97. The summed E-state index contributed by atoms with van der Waals surface area (Å²) in [5.74, 6) is 0.956. The molecule has 3 aromatic rings. The van der Waals surface area contributed by atoms with E-state index in [1.54, 1.807) is 34.3 Å². The molecule has 1 heterocycles. The molecule has 0 aliphatic heterocycles. The van der Waals surface area contributed by atoms with Gasteiger partial charge < -0.3 is 30.2 Å². The number of thiazole rings is 1. The lowest BCUT2D eigenvalue weighted by atomic mass is 9.95.